The van der Waals surface area contributed by atoms with Gasteiger partial charge in [-0.05, 0) is 25.1 Å². The molecular weight excluding hydrogens is 315 g/mol. The van der Waals surface area contributed by atoms with E-state index in [1.165, 1.54) is 12.1 Å². The third-order valence-electron chi connectivity index (χ3n) is 2.86. The van der Waals surface area contributed by atoms with Crippen molar-refractivity contribution in [3.05, 3.63) is 62.4 Å². The van der Waals surface area contributed by atoms with Gasteiger partial charge in [0.25, 0.3) is 5.69 Å². The fourth-order valence-electron chi connectivity index (χ4n) is 1.84. The van der Waals surface area contributed by atoms with Crippen molar-refractivity contribution >= 4 is 28.9 Å². The first-order chi connectivity index (χ1) is 10.0. The molecule has 110 valence electrons. The molecule has 21 heavy (non-hydrogen) atoms. The molecule has 1 aromatic carbocycles. The van der Waals surface area contributed by atoms with Crippen LogP contribution in [0.25, 0.3) is 0 Å². The molecule has 1 heterocycles. The number of benzene rings is 1. The van der Waals surface area contributed by atoms with Gasteiger partial charge in [-0.15, -0.1) is 11.6 Å². The first-order valence-electron chi connectivity index (χ1n) is 6.10. The van der Waals surface area contributed by atoms with E-state index < -0.39 is 4.92 Å². The van der Waals surface area contributed by atoms with Crippen LogP contribution in [0, 0.1) is 17.0 Å². The van der Waals surface area contributed by atoms with Crippen molar-refractivity contribution in [2.75, 3.05) is 0 Å². The summed E-state index contributed by atoms with van der Waals surface area (Å²) in [4.78, 5) is 14.8. The van der Waals surface area contributed by atoms with Crippen molar-refractivity contribution in [3.63, 3.8) is 0 Å². The van der Waals surface area contributed by atoms with Crippen LogP contribution >= 0.6 is 23.2 Å². The predicted octanol–water partition coefficient (Wildman–Crippen LogP) is 4.27. The number of aryl methyl sites for hydroxylation is 1. The molecule has 2 aromatic rings. The van der Waals surface area contributed by atoms with Crippen molar-refractivity contribution in [3.8, 4) is 5.75 Å². The zero-order chi connectivity index (χ0) is 15.4. The lowest BCUT2D eigenvalue weighted by Crippen LogP contribution is -2.04. The summed E-state index contributed by atoms with van der Waals surface area (Å²) < 4.78 is 5.60. The highest BCUT2D eigenvalue weighted by atomic mass is 35.5. The summed E-state index contributed by atoms with van der Waals surface area (Å²) in [6.07, 6.45) is 0. The monoisotopic (exact) mass is 326 g/mol. The van der Waals surface area contributed by atoms with Crippen LogP contribution in [0.4, 0.5) is 5.69 Å². The number of ether oxygens (including phenoxy) is 1. The molecule has 0 aliphatic heterocycles. The van der Waals surface area contributed by atoms with Crippen LogP contribution in [0.1, 0.15) is 17.0 Å². The molecule has 0 N–H and O–H groups in total. The average molecular weight is 327 g/mol. The number of nitro groups is 1. The minimum atomic E-state index is -0.486. The summed E-state index contributed by atoms with van der Waals surface area (Å²) >= 11 is 11.8. The predicted molar refractivity (Wildman–Crippen MR) is 81.0 cm³/mol. The molecule has 0 bridgehead atoms. The molecular formula is C14H12Cl2N2O3. The molecule has 0 saturated carbocycles. The van der Waals surface area contributed by atoms with Gasteiger partial charge in [-0.2, -0.15) is 0 Å². The Balaban J connectivity index is 2.27. The largest absolute Gasteiger partial charge is 0.487 e. The minimum absolute atomic E-state index is 0.0232. The Morgan fingerprint density at radius 2 is 2.10 bits per heavy atom. The van der Waals surface area contributed by atoms with Crippen LogP contribution in [0.3, 0.4) is 0 Å². The number of hydrogen-bond acceptors (Lipinski definition) is 4. The normalized spacial score (nSPS) is 10.4. The second-order valence-corrected chi connectivity index (χ2v) is 4.99. The maximum Gasteiger partial charge on any atom is 0.277 e. The molecule has 5 nitrogen and oxygen atoms in total. The first-order valence-corrected chi connectivity index (χ1v) is 7.01. The van der Waals surface area contributed by atoms with Crippen LogP contribution in [-0.2, 0) is 12.5 Å². The molecule has 0 spiro atoms. The fraction of sp³-hybridized carbons (Fsp3) is 0.214. The highest BCUT2D eigenvalue weighted by Crippen LogP contribution is 2.28. The third-order valence-corrected chi connectivity index (χ3v) is 3.47. The van der Waals surface area contributed by atoms with E-state index in [1.54, 1.807) is 18.2 Å². The van der Waals surface area contributed by atoms with Crippen LogP contribution in [-0.4, -0.2) is 9.91 Å². The van der Waals surface area contributed by atoms with E-state index in [9.17, 15) is 10.1 Å². The van der Waals surface area contributed by atoms with Gasteiger partial charge in [-0.3, -0.25) is 15.1 Å². The Kier molecular flexibility index (Phi) is 4.98. The van der Waals surface area contributed by atoms with E-state index in [-0.39, 0.29) is 23.2 Å². The van der Waals surface area contributed by atoms with Crippen molar-refractivity contribution in [1.29, 1.82) is 0 Å². The summed E-state index contributed by atoms with van der Waals surface area (Å²) in [6.45, 7) is 1.82. The quantitative estimate of drug-likeness (QED) is 0.467. The first kappa shape index (κ1) is 15.5. The average Bonchev–Trinajstić information content (AvgIpc) is 2.46. The second kappa shape index (κ2) is 6.74. The van der Waals surface area contributed by atoms with Crippen molar-refractivity contribution in [2.45, 2.75) is 19.4 Å². The molecule has 7 heteroatoms. The van der Waals surface area contributed by atoms with E-state index in [1.807, 2.05) is 6.92 Å². The molecule has 2 rings (SSSR count). The van der Waals surface area contributed by atoms with Gasteiger partial charge >= 0.3 is 0 Å². The molecule has 0 atom stereocenters. The Morgan fingerprint density at radius 3 is 2.76 bits per heavy atom. The van der Waals surface area contributed by atoms with E-state index >= 15 is 0 Å². The van der Waals surface area contributed by atoms with Crippen LogP contribution in [0.2, 0.25) is 5.02 Å². The zero-order valence-corrected chi connectivity index (χ0v) is 12.7. The number of hydrogen-bond donors (Lipinski definition) is 0. The highest BCUT2D eigenvalue weighted by molar-refractivity contribution is 6.31. The molecule has 0 saturated heterocycles. The number of nitro benzene ring substituents is 1. The maximum atomic E-state index is 11.0. The van der Waals surface area contributed by atoms with Gasteiger partial charge in [0.15, 0.2) is 0 Å². The minimum Gasteiger partial charge on any atom is -0.487 e. The van der Waals surface area contributed by atoms with E-state index in [0.717, 1.165) is 5.69 Å². The van der Waals surface area contributed by atoms with Crippen LogP contribution < -0.4 is 4.74 Å². The zero-order valence-electron chi connectivity index (χ0n) is 11.2. The summed E-state index contributed by atoms with van der Waals surface area (Å²) in [7, 11) is 0. The van der Waals surface area contributed by atoms with Gasteiger partial charge in [-0.1, -0.05) is 17.7 Å². The Morgan fingerprint density at radius 1 is 1.33 bits per heavy atom. The second-order valence-electron chi connectivity index (χ2n) is 4.31. The highest BCUT2D eigenvalue weighted by Gasteiger charge is 2.17. The summed E-state index contributed by atoms with van der Waals surface area (Å²) in [5, 5.41) is 11.3. The van der Waals surface area contributed by atoms with Crippen molar-refractivity contribution < 1.29 is 9.66 Å². The smallest absolute Gasteiger partial charge is 0.277 e. The summed E-state index contributed by atoms with van der Waals surface area (Å²) in [6, 6.07) is 8.03. The van der Waals surface area contributed by atoms with E-state index in [4.69, 9.17) is 27.9 Å². The Hall–Kier alpha value is -1.85. The van der Waals surface area contributed by atoms with Gasteiger partial charge < -0.3 is 4.74 Å². The number of aromatic nitrogens is 1. The molecule has 1 aromatic heterocycles. The number of rotatable bonds is 5. The van der Waals surface area contributed by atoms with Gasteiger partial charge in [0.1, 0.15) is 12.4 Å². The van der Waals surface area contributed by atoms with Crippen molar-refractivity contribution in [2.24, 2.45) is 0 Å². The molecule has 0 radical (unpaired) electrons. The molecule has 0 aliphatic carbocycles. The maximum absolute atomic E-state index is 11.0. The van der Waals surface area contributed by atoms with E-state index in [2.05, 4.69) is 4.98 Å². The summed E-state index contributed by atoms with van der Waals surface area (Å²) in [5.41, 5.74) is 1.66. The number of nitrogens with zero attached hydrogens (tertiary/aromatic N) is 2. The lowest BCUT2D eigenvalue weighted by molar-refractivity contribution is -0.385. The lowest BCUT2D eigenvalue weighted by atomic mass is 10.2. The Labute approximate surface area is 131 Å². The van der Waals surface area contributed by atoms with Gasteiger partial charge in [0, 0.05) is 11.8 Å². The van der Waals surface area contributed by atoms with Crippen molar-refractivity contribution in [1.82, 2.24) is 4.98 Å². The Bertz CT molecular complexity index is 677. The van der Waals surface area contributed by atoms with E-state index in [0.29, 0.717) is 17.0 Å². The molecule has 0 amide bonds. The van der Waals surface area contributed by atoms with Crippen LogP contribution in [0.5, 0.6) is 5.75 Å². The lowest BCUT2D eigenvalue weighted by Gasteiger charge is -2.11. The number of alkyl halides is 1. The topological polar surface area (TPSA) is 65.3 Å². The molecule has 0 fully saturated rings. The molecule has 0 unspecified atom stereocenters. The third kappa shape index (κ3) is 3.62. The van der Waals surface area contributed by atoms with Crippen LogP contribution in [0.15, 0.2) is 30.3 Å². The standard InChI is InChI=1S/C14H12Cl2N2O3/c1-9-5-6-14(12(7-15)17-9)21-8-10-11(16)3-2-4-13(10)18(19)20/h2-6H,7-8H2,1H3. The summed E-state index contributed by atoms with van der Waals surface area (Å²) in [5.74, 6) is 0.687. The molecule has 0 aliphatic rings. The van der Waals surface area contributed by atoms with Gasteiger partial charge in [-0.25, -0.2) is 0 Å². The SMILES string of the molecule is Cc1ccc(OCc2c(Cl)cccc2[N+](=O)[O-])c(CCl)n1. The fourth-order valence-corrected chi connectivity index (χ4v) is 2.25. The van der Waals surface area contributed by atoms with Gasteiger partial charge in [0.2, 0.25) is 0 Å². The van der Waals surface area contributed by atoms with Gasteiger partial charge in [0.05, 0.1) is 27.1 Å². The number of halogens is 2. The number of pyridine rings is 1.